The average molecular weight is 358 g/mol. The van der Waals surface area contributed by atoms with E-state index in [0.717, 1.165) is 32.7 Å². The zero-order valence-corrected chi connectivity index (χ0v) is 16.4. The first-order valence-electron chi connectivity index (χ1n) is 9.42. The van der Waals surface area contributed by atoms with Gasteiger partial charge < -0.3 is 14.4 Å². The summed E-state index contributed by atoms with van der Waals surface area (Å²) in [5, 5.41) is 0. The Hall–Kier alpha value is -2.01. The van der Waals surface area contributed by atoms with Crippen LogP contribution in [0.4, 0.5) is 0 Å². The average Bonchev–Trinajstić information content (AvgIpc) is 2.62. The quantitative estimate of drug-likeness (QED) is 0.833. The van der Waals surface area contributed by atoms with Crippen LogP contribution in [0.2, 0.25) is 0 Å². The molecule has 5 heteroatoms. The van der Waals surface area contributed by atoms with Gasteiger partial charge in [-0.05, 0) is 23.5 Å². The number of amides is 1. The maximum Gasteiger partial charge on any atom is 0.292 e. The van der Waals surface area contributed by atoms with E-state index in [1.807, 2.05) is 4.90 Å². The zero-order valence-electron chi connectivity index (χ0n) is 16.4. The Morgan fingerprint density at radius 3 is 2.19 bits per heavy atom. The van der Waals surface area contributed by atoms with E-state index in [2.05, 4.69) is 49.9 Å². The molecule has 2 aliphatic rings. The second-order valence-corrected chi connectivity index (χ2v) is 8.10. The molecule has 1 aromatic rings. The maximum absolute atomic E-state index is 12.6. The summed E-state index contributed by atoms with van der Waals surface area (Å²) in [5.74, 6) is 0.932. The summed E-state index contributed by atoms with van der Waals surface area (Å²) < 4.78 is 10.9. The van der Waals surface area contributed by atoms with Gasteiger partial charge >= 0.3 is 0 Å². The monoisotopic (exact) mass is 358 g/mol. The van der Waals surface area contributed by atoms with Crippen molar-refractivity contribution in [2.45, 2.75) is 39.7 Å². The molecular weight excluding hydrogens is 328 g/mol. The molecule has 0 aromatic heterocycles. The summed E-state index contributed by atoms with van der Waals surface area (Å²) in [7, 11) is 0. The van der Waals surface area contributed by atoms with Gasteiger partial charge in [0, 0.05) is 32.7 Å². The van der Waals surface area contributed by atoms with Gasteiger partial charge in [0.15, 0.2) is 0 Å². The molecule has 0 saturated carbocycles. The van der Waals surface area contributed by atoms with Crippen LogP contribution in [0.15, 0.2) is 35.8 Å². The van der Waals surface area contributed by atoms with Crippen molar-refractivity contribution in [3.05, 3.63) is 46.9 Å². The van der Waals surface area contributed by atoms with Crippen molar-refractivity contribution in [3.63, 3.8) is 0 Å². The van der Waals surface area contributed by atoms with Crippen molar-refractivity contribution in [2.75, 3.05) is 39.4 Å². The molecule has 1 aromatic carbocycles. The first-order chi connectivity index (χ1) is 12.3. The third kappa shape index (κ3) is 4.39. The van der Waals surface area contributed by atoms with Gasteiger partial charge in [-0.2, -0.15) is 0 Å². The highest BCUT2D eigenvalue weighted by molar-refractivity contribution is 5.92. The van der Waals surface area contributed by atoms with E-state index in [1.54, 1.807) is 6.92 Å². The molecule has 0 bridgehead atoms. The normalized spacial score (nSPS) is 19.2. The minimum Gasteiger partial charge on any atom is -0.491 e. The van der Waals surface area contributed by atoms with Gasteiger partial charge in [0.2, 0.25) is 5.76 Å². The molecular formula is C21H30N2O3. The largest absolute Gasteiger partial charge is 0.491 e. The number of benzene rings is 1. The van der Waals surface area contributed by atoms with Crippen LogP contribution in [0, 0.1) is 0 Å². The van der Waals surface area contributed by atoms with Gasteiger partial charge in [0.1, 0.15) is 19.0 Å². The van der Waals surface area contributed by atoms with Gasteiger partial charge in [0.25, 0.3) is 5.91 Å². The number of allylic oxidation sites excluding steroid dienone is 1. The Kier molecular flexibility index (Phi) is 5.56. The molecule has 142 valence electrons. The molecule has 0 atom stereocenters. The fourth-order valence-electron chi connectivity index (χ4n) is 3.34. The van der Waals surface area contributed by atoms with Crippen molar-refractivity contribution >= 4 is 5.91 Å². The fraction of sp³-hybridized carbons (Fsp3) is 0.571. The number of rotatable bonds is 3. The predicted octanol–water partition coefficient (Wildman–Crippen LogP) is 2.91. The Morgan fingerprint density at radius 1 is 1.00 bits per heavy atom. The minimum atomic E-state index is -0.0450. The summed E-state index contributed by atoms with van der Waals surface area (Å²) in [5.41, 5.74) is 2.86. The Bertz CT molecular complexity index is 665. The lowest BCUT2D eigenvalue weighted by molar-refractivity contribution is -0.134. The van der Waals surface area contributed by atoms with Crippen LogP contribution < -0.4 is 0 Å². The first kappa shape index (κ1) is 18.8. The second-order valence-electron chi connectivity index (χ2n) is 8.10. The molecule has 1 fully saturated rings. The molecule has 0 radical (unpaired) electrons. The summed E-state index contributed by atoms with van der Waals surface area (Å²) in [4.78, 5) is 16.9. The molecule has 26 heavy (non-hydrogen) atoms. The highest BCUT2D eigenvalue weighted by Gasteiger charge is 2.28. The Balaban J connectivity index is 1.53. The van der Waals surface area contributed by atoms with Gasteiger partial charge in [0.05, 0.1) is 0 Å². The van der Waals surface area contributed by atoms with E-state index in [4.69, 9.17) is 9.47 Å². The molecule has 0 unspecified atom stereocenters. The summed E-state index contributed by atoms with van der Waals surface area (Å²) in [6, 6.07) is 8.90. The molecule has 0 aliphatic carbocycles. The lowest BCUT2D eigenvalue weighted by Crippen LogP contribution is -2.49. The Morgan fingerprint density at radius 2 is 1.62 bits per heavy atom. The first-order valence-corrected chi connectivity index (χ1v) is 9.42. The maximum atomic E-state index is 12.6. The lowest BCUT2D eigenvalue weighted by atomic mass is 9.87. The summed E-state index contributed by atoms with van der Waals surface area (Å²) in [6.07, 6.45) is 0. The number of hydrogen-bond acceptors (Lipinski definition) is 4. The van der Waals surface area contributed by atoms with Crippen molar-refractivity contribution < 1.29 is 14.3 Å². The molecule has 0 spiro atoms. The molecule has 5 nitrogen and oxygen atoms in total. The third-order valence-corrected chi connectivity index (χ3v) is 5.05. The van der Waals surface area contributed by atoms with Crippen molar-refractivity contribution in [3.8, 4) is 0 Å². The van der Waals surface area contributed by atoms with Crippen molar-refractivity contribution in [1.29, 1.82) is 0 Å². The SMILES string of the molecule is CC1=C(C(=O)N2CCN(Cc3ccc(C(C)(C)C)cc3)CC2)OCCO1. The highest BCUT2D eigenvalue weighted by atomic mass is 16.6. The van der Waals surface area contributed by atoms with Crippen LogP contribution in [0.1, 0.15) is 38.8 Å². The number of piperazine rings is 1. The van der Waals surface area contributed by atoms with Crippen molar-refractivity contribution in [1.82, 2.24) is 9.80 Å². The number of carbonyl (C=O) groups excluding carboxylic acids is 1. The highest BCUT2D eigenvalue weighted by Crippen LogP contribution is 2.23. The molecule has 0 N–H and O–H groups in total. The number of carbonyl (C=O) groups is 1. The number of ether oxygens (including phenoxy) is 2. The van der Waals surface area contributed by atoms with Gasteiger partial charge in [-0.15, -0.1) is 0 Å². The van der Waals surface area contributed by atoms with Crippen LogP contribution in [0.5, 0.6) is 0 Å². The number of nitrogens with zero attached hydrogens (tertiary/aromatic N) is 2. The van der Waals surface area contributed by atoms with Gasteiger partial charge in [-0.3, -0.25) is 9.69 Å². The minimum absolute atomic E-state index is 0.0450. The molecule has 3 rings (SSSR count). The number of hydrogen-bond donors (Lipinski definition) is 0. The summed E-state index contributed by atoms with van der Waals surface area (Å²) >= 11 is 0. The van der Waals surface area contributed by atoms with E-state index < -0.39 is 0 Å². The van der Waals surface area contributed by atoms with E-state index in [-0.39, 0.29) is 11.3 Å². The van der Waals surface area contributed by atoms with Crippen LogP contribution in [-0.2, 0) is 26.2 Å². The zero-order chi connectivity index (χ0) is 18.7. The van der Waals surface area contributed by atoms with E-state index in [0.29, 0.717) is 24.7 Å². The van der Waals surface area contributed by atoms with Crippen LogP contribution in [0.25, 0.3) is 0 Å². The molecule has 2 aliphatic heterocycles. The molecule has 1 saturated heterocycles. The smallest absolute Gasteiger partial charge is 0.292 e. The van der Waals surface area contributed by atoms with E-state index >= 15 is 0 Å². The van der Waals surface area contributed by atoms with Crippen molar-refractivity contribution in [2.24, 2.45) is 0 Å². The summed E-state index contributed by atoms with van der Waals surface area (Å²) in [6.45, 7) is 13.6. The van der Waals surface area contributed by atoms with Crippen LogP contribution >= 0.6 is 0 Å². The fourth-order valence-corrected chi connectivity index (χ4v) is 3.34. The van der Waals surface area contributed by atoms with Gasteiger partial charge in [-0.25, -0.2) is 0 Å². The molecule has 2 heterocycles. The standard InChI is InChI=1S/C21H30N2O3/c1-16-19(26-14-13-25-16)20(24)23-11-9-22(10-12-23)15-17-5-7-18(8-6-17)21(2,3)4/h5-8H,9-15H2,1-4H3. The topological polar surface area (TPSA) is 42.0 Å². The molecule has 1 amide bonds. The van der Waals surface area contributed by atoms with E-state index in [1.165, 1.54) is 11.1 Å². The lowest BCUT2D eigenvalue weighted by Gasteiger charge is -2.35. The van der Waals surface area contributed by atoms with Crippen LogP contribution in [0.3, 0.4) is 0 Å². The second kappa shape index (κ2) is 7.70. The van der Waals surface area contributed by atoms with Crippen LogP contribution in [-0.4, -0.2) is 55.1 Å². The third-order valence-electron chi connectivity index (χ3n) is 5.05. The van der Waals surface area contributed by atoms with E-state index in [9.17, 15) is 4.79 Å². The Labute approximate surface area is 156 Å². The predicted molar refractivity (Wildman–Crippen MR) is 102 cm³/mol. The van der Waals surface area contributed by atoms with Gasteiger partial charge in [-0.1, -0.05) is 45.0 Å².